The number of hydrogen-bond donors (Lipinski definition) is 2. The maximum Gasteiger partial charge on any atom is 0.273 e. The fraction of sp³-hybridized carbons (Fsp3) is 0.444. The van der Waals surface area contributed by atoms with Crippen LogP contribution in [0.25, 0.3) is 10.1 Å². The van der Waals surface area contributed by atoms with Gasteiger partial charge in [0.15, 0.2) is 5.69 Å². The fourth-order valence-electron chi connectivity index (χ4n) is 3.45. The van der Waals surface area contributed by atoms with Crippen LogP contribution in [0, 0.1) is 6.92 Å². The molecule has 0 saturated carbocycles. The van der Waals surface area contributed by atoms with Crippen LogP contribution in [0.5, 0.6) is 0 Å². The molecule has 1 saturated heterocycles. The normalized spacial score (nSPS) is 15.4. The number of fused-ring (bicyclic) bond motifs is 1. The number of piperidine rings is 1. The Morgan fingerprint density at radius 2 is 2.15 bits per heavy atom. The topological polar surface area (TPSA) is 84.7 Å². The molecule has 0 aliphatic carbocycles. The van der Waals surface area contributed by atoms with E-state index in [1.165, 1.54) is 21.6 Å². The second-order valence-electron chi connectivity index (χ2n) is 6.58. The number of amides is 1. The number of hydrogen-bond acceptors (Lipinski definition) is 6. The molecule has 26 heavy (non-hydrogen) atoms. The Balaban J connectivity index is 1.38. The summed E-state index contributed by atoms with van der Waals surface area (Å²) < 4.78 is 7.58. The van der Waals surface area contributed by atoms with Gasteiger partial charge in [0.1, 0.15) is 0 Å². The van der Waals surface area contributed by atoms with E-state index in [-0.39, 0.29) is 5.91 Å². The molecule has 1 aromatic carbocycles. The van der Waals surface area contributed by atoms with Gasteiger partial charge in [-0.15, -0.1) is 5.10 Å². The summed E-state index contributed by atoms with van der Waals surface area (Å²) >= 11 is 1.50. The predicted octanol–water partition coefficient (Wildman–Crippen LogP) is 2.09. The smallest absolute Gasteiger partial charge is 0.273 e. The van der Waals surface area contributed by atoms with Crippen LogP contribution in [0.1, 0.15) is 40.8 Å². The summed E-state index contributed by atoms with van der Waals surface area (Å²) in [6, 6.07) is 8.50. The Hall–Kier alpha value is -2.32. The van der Waals surface area contributed by atoms with Gasteiger partial charge in [0.25, 0.3) is 5.91 Å². The van der Waals surface area contributed by atoms with Crippen molar-refractivity contribution in [3.8, 4) is 0 Å². The Morgan fingerprint density at radius 3 is 3.00 bits per heavy atom. The van der Waals surface area contributed by atoms with Crippen LogP contribution in [-0.2, 0) is 6.42 Å². The zero-order valence-electron chi connectivity index (χ0n) is 14.7. The van der Waals surface area contributed by atoms with E-state index in [1.54, 1.807) is 0 Å². The number of carbonyl (C=O) groups is 1. The van der Waals surface area contributed by atoms with Crippen molar-refractivity contribution < 1.29 is 4.79 Å². The molecule has 136 valence electrons. The van der Waals surface area contributed by atoms with Crippen LogP contribution < -0.4 is 10.6 Å². The van der Waals surface area contributed by atoms with Crippen LogP contribution in [0.3, 0.4) is 0 Å². The first-order chi connectivity index (χ1) is 12.7. The second kappa shape index (κ2) is 7.51. The summed E-state index contributed by atoms with van der Waals surface area (Å²) in [6.07, 6.45) is 2.74. The highest BCUT2D eigenvalue weighted by Crippen LogP contribution is 2.22. The first-order valence-electron chi connectivity index (χ1n) is 8.98. The SMILES string of the molecule is Cc1c(C(=O)NCCc2nsc3ccccc23)nnn1C1CCNCC1. The third-order valence-electron chi connectivity index (χ3n) is 4.90. The van der Waals surface area contributed by atoms with Gasteiger partial charge in [-0.05, 0) is 50.5 Å². The lowest BCUT2D eigenvalue weighted by atomic mass is 10.1. The number of benzene rings is 1. The molecule has 8 heteroatoms. The summed E-state index contributed by atoms with van der Waals surface area (Å²) in [4.78, 5) is 12.5. The molecular weight excluding hydrogens is 348 g/mol. The van der Waals surface area contributed by atoms with Crippen molar-refractivity contribution in [2.75, 3.05) is 19.6 Å². The van der Waals surface area contributed by atoms with Crippen molar-refractivity contribution in [1.29, 1.82) is 0 Å². The quantitative estimate of drug-likeness (QED) is 0.718. The number of aromatic nitrogens is 4. The average Bonchev–Trinajstić information content (AvgIpc) is 3.26. The standard InChI is InChI=1S/C18H22N6OS/c1-12-17(21-23-24(12)13-6-9-19-10-7-13)18(25)20-11-8-15-14-4-2-3-5-16(14)26-22-15/h2-5,13,19H,6-11H2,1H3,(H,20,25). The predicted molar refractivity (Wildman–Crippen MR) is 102 cm³/mol. The van der Waals surface area contributed by atoms with E-state index in [0.29, 0.717) is 24.7 Å². The van der Waals surface area contributed by atoms with Gasteiger partial charge < -0.3 is 10.6 Å². The first-order valence-corrected chi connectivity index (χ1v) is 9.75. The number of carbonyl (C=O) groups excluding carboxylic acids is 1. The second-order valence-corrected chi connectivity index (χ2v) is 7.39. The van der Waals surface area contributed by atoms with Gasteiger partial charge >= 0.3 is 0 Å². The van der Waals surface area contributed by atoms with Gasteiger partial charge in [0, 0.05) is 18.4 Å². The summed E-state index contributed by atoms with van der Waals surface area (Å²) in [5.41, 5.74) is 2.29. The first kappa shape index (κ1) is 17.1. The van der Waals surface area contributed by atoms with Crippen LogP contribution in [0.2, 0.25) is 0 Å². The van der Waals surface area contributed by atoms with Crippen molar-refractivity contribution in [2.45, 2.75) is 32.2 Å². The van der Waals surface area contributed by atoms with E-state index in [9.17, 15) is 4.79 Å². The molecule has 0 bridgehead atoms. The molecule has 0 atom stereocenters. The van der Waals surface area contributed by atoms with Crippen LogP contribution in [0.15, 0.2) is 24.3 Å². The largest absolute Gasteiger partial charge is 0.350 e. The Labute approximate surface area is 156 Å². The molecule has 3 heterocycles. The Morgan fingerprint density at radius 1 is 1.35 bits per heavy atom. The van der Waals surface area contributed by atoms with E-state index in [2.05, 4.69) is 37.5 Å². The van der Waals surface area contributed by atoms with Gasteiger partial charge in [0.2, 0.25) is 0 Å². The van der Waals surface area contributed by atoms with Crippen LogP contribution in [-0.4, -0.2) is 44.9 Å². The van der Waals surface area contributed by atoms with Crippen molar-refractivity contribution in [1.82, 2.24) is 30.0 Å². The number of rotatable bonds is 5. The Bertz CT molecular complexity index is 911. The molecule has 0 unspecified atom stereocenters. The molecule has 3 aromatic rings. The molecule has 2 N–H and O–H groups in total. The summed E-state index contributed by atoms with van der Waals surface area (Å²) in [5.74, 6) is -0.165. The van der Waals surface area contributed by atoms with Gasteiger partial charge in [0.05, 0.1) is 22.1 Å². The van der Waals surface area contributed by atoms with Gasteiger partial charge in [-0.25, -0.2) is 4.68 Å². The van der Waals surface area contributed by atoms with Crippen molar-refractivity contribution in [2.24, 2.45) is 0 Å². The van der Waals surface area contributed by atoms with Crippen LogP contribution in [0.4, 0.5) is 0 Å². The van der Waals surface area contributed by atoms with Gasteiger partial charge in [-0.1, -0.05) is 23.4 Å². The lowest BCUT2D eigenvalue weighted by molar-refractivity contribution is 0.0948. The van der Waals surface area contributed by atoms with Crippen molar-refractivity contribution in [3.05, 3.63) is 41.3 Å². The number of nitrogens with zero attached hydrogens (tertiary/aromatic N) is 4. The van der Waals surface area contributed by atoms with E-state index in [4.69, 9.17) is 0 Å². The summed E-state index contributed by atoms with van der Waals surface area (Å²) in [5, 5.41) is 15.8. The van der Waals surface area contributed by atoms with Gasteiger partial charge in [-0.3, -0.25) is 4.79 Å². The molecule has 2 aromatic heterocycles. The minimum absolute atomic E-state index is 0.165. The molecule has 7 nitrogen and oxygen atoms in total. The highest BCUT2D eigenvalue weighted by atomic mass is 32.1. The van der Waals surface area contributed by atoms with Crippen molar-refractivity contribution >= 4 is 27.5 Å². The molecule has 1 amide bonds. The highest BCUT2D eigenvalue weighted by Gasteiger charge is 2.22. The zero-order valence-corrected chi connectivity index (χ0v) is 15.6. The maximum absolute atomic E-state index is 12.5. The molecule has 0 spiro atoms. The minimum atomic E-state index is -0.165. The average molecular weight is 370 g/mol. The van der Waals surface area contributed by atoms with Crippen LogP contribution >= 0.6 is 11.5 Å². The molecular formula is C18H22N6OS. The van der Waals surface area contributed by atoms with E-state index >= 15 is 0 Å². The minimum Gasteiger partial charge on any atom is -0.350 e. The maximum atomic E-state index is 12.5. The molecule has 1 aliphatic heterocycles. The molecule has 1 fully saturated rings. The summed E-state index contributed by atoms with van der Waals surface area (Å²) in [7, 11) is 0. The highest BCUT2D eigenvalue weighted by molar-refractivity contribution is 7.13. The molecule has 1 aliphatic rings. The van der Waals surface area contributed by atoms with E-state index < -0.39 is 0 Å². The lowest BCUT2D eigenvalue weighted by Crippen LogP contribution is -2.30. The summed E-state index contributed by atoms with van der Waals surface area (Å²) in [6.45, 7) is 4.41. The monoisotopic (exact) mass is 370 g/mol. The van der Waals surface area contributed by atoms with Gasteiger partial charge in [-0.2, -0.15) is 4.37 Å². The van der Waals surface area contributed by atoms with E-state index in [1.807, 2.05) is 23.7 Å². The third kappa shape index (κ3) is 3.34. The van der Waals surface area contributed by atoms with Crippen molar-refractivity contribution in [3.63, 3.8) is 0 Å². The molecule has 4 rings (SSSR count). The third-order valence-corrected chi connectivity index (χ3v) is 5.76. The molecule has 0 radical (unpaired) electrons. The lowest BCUT2D eigenvalue weighted by Gasteiger charge is -2.23. The Kier molecular flexibility index (Phi) is 4.94. The number of nitrogens with one attached hydrogen (secondary N) is 2. The fourth-order valence-corrected chi connectivity index (χ4v) is 4.27. The zero-order chi connectivity index (χ0) is 17.9. The van der Waals surface area contributed by atoms with E-state index in [0.717, 1.165) is 37.3 Å².